The lowest BCUT2D eigenvalue weighted by molar-refractivity contribution is -0.119. The minimum atomic E-state index is -5.26. The Morgan fingerprint density at radius 1 is 1.15 bits per heavy atom. The fourth-order valence-electron chi connectivity index (χ4n) is 2.55. The molecule has 27 heavy (non-hydrogen) atoms. The summed E-state index contributed by atoms with van der Waals surface area (Å²) in [4.78, 5) is 15.8. The fraction of sp³-hybridized carbons (Fsp3) is 0.867. The van der Waals surface area contributed by atoms with E-state index in [0.29, 0.717) is 42.7 Å². The first-order valence-electron chi connectivity index (χ1n) is 8.97. The number of nitrogens with one attached hydrogen (secondary N) is 3. The summed E-state index contributed by atoms with van der Waals surface area (Å²) in [5.74, 6) is 0.261. The smallest absolute Gasteiger partial charge is 0.357 e. The van der Waals surface area contributed by atoms with Crippen molar-refractivity contribution < 1.29 is 26.4 Å². The highest BCUT2D eigenvalue weighted by Gasteiger charge is 2.50. The number of amides is 1. The van der Waals surface area contributed by atoms with E-state index in [4.69, 9.17) is 0 Å². The van der Waals surface area contributed by atoms with Crippen LogP contribution in [-0.2, 0) is 14.8 Å². The Morgan fingerprint density at radius 3 is 2.30 bits per heavy atom. The molecule has 0 aliphatic carbocycles. The molecule has 158 valence electrons. The van der Waals surface area contributed by atoms with Gasteiger partial charge in [0, 0.05) is 32.7 Å². The van der Waals surface area contributed by atoms with Crippen molar-refractivity contribution in [1.29, 1.82) is 0 Å². The molecule has 0 aromatic heterocycles. The van der Waals surface area contributed by atoms with Crippen LogP contribution in [0.25, 0.3) is 0 Å². The highest BCUT2D eigenvalue weighted by Crippen LogP contribution is 2.30. The van der Waals surface area contributed by atoms with Gasteiger partial charge >= 0.3 is 15.5 Å². The average Bonchev–Trinajstić information content (AvgIpc) is 2.61. The maximum atomic E-state index is 12.6. The average molecular weight is 415 g/mol. The molecule has 0 atom stereocenters. The summed E-state index contributed by atoms with van der Waals surface area (Å²) >= 11 is 0. The van der Waals surface area contributed by atoms with E-state index in [9.17, 15) is 26.4 Å². The van der Waals surface area contributed by atoms with Crippen LogP contribution >= 0.6 is 0 Å². The van der Waals surface area contributed by atoms with Gasteiger partial charge in [-0.2, -0.15) is 17.5 Å². The number of carbonyl (C=O) groups is 1. The molecular weight excluding hydrogens is 387 g/mol. The van der Waals surface area contributed by atoms with Gasteiger partial charge in [-0.3, -0.25) is 4.79 Å². The number of halogens is 3. The summed E-state index contributed by atoms with van der Waals surface area (Å²) in [5.41, 5.74) is -5.26. The topological polar surface area (TPSA) is 103 Å². The van der Waals surface area contributed by atoms with Gasteiger partial charge in [-0.15, -0.1) is 0 Å². The number of alkyl halides is 3. The van der Waals surface area contributed by atoms with Crippen molar-refractivity contribution in [1.82, 2.24) is 20.3 Å². The predicted molar refractivity (Wildman–Crippen MR) is 96.6 cm³/mol. The summed E-state index contributed by atoms with van der Waals surface area (Å²) in [6.07, 6.45) is 1.47. The number of aliphatic imine (C=N–C) groups is 1. The second-order valence-corrected chi connectivity index (χ2v) is 8.15. The standard InChI is InChI=1S/C15H28F3N5O3S/c1-3-7-20-13(24)11-22-14(19-4-2)21-10-12-5-8-23(9-6-12)27(25,26)15(16,17)18/h12H,3-11H2,1-2H3,(H,20,24)(H2,19,21,22). The molecule has 1 aliphatic heterocycles. The van der Waals surface area contributed by atoms with Crippen LogP contribution in [0.15, 0.2) is 4.99 Å². The third-order valence-electron chi connectivity index (χ3n) is 4.06. The predicted octanol–water partition coefficient (Wildman–Crippen LogP) is 0.629. The molecule has 0 aromatic rings. The monoisotopic (exact) mass is 415 g/mol. The summed E-state index contributed by atoms with van der Waals surface area (Å²) < 4.78 is 61.1. The summed E-state index contributed by atoms with van der Waals surface area (Å²) in [7, 11) is -5.26. The first-order chi connectivity index (χ1) is 12.6. The summed E-state index contributed by atoms with van der Waals surface area (Å²) in [6, 6.07) is 0. The molecule has 1 amide bonds. The van der Waals surface area contributed by atoms with Gasteiger partial charge in [-0.05, 0) is 32.1 Å². The van der Waals surface area contributed by atoms with E-state index in [1.54, 1.807) is 0 Å². The molecule has 0 aromatic carbocycles. The van der Waals surface area contributed by atoms with E-state index in [2.05, 4.69) is 20.9 Å². The second kappa shape index (κ2) is 10.7. The van der Waals surface area contributed by atoms with Crippen LogP contribution in [0.3, 0.4) is 0 Å². The van der Waals surface area contributed by atoms with Crippen molar-refractivity contribution >= 4 is 21.9 Å². The quantitative estimate of drug-likeness (QED) is 0.399. The van der Waals surface area contributed by atoms with Gasteiger partial charge < -0.3 is 16.0 Å². The van der Waals surface area contributed by atoms with Gasteiger partial charge in [0.1, 0.15) is 6.54 Å². The molecule has 3 N–H and O–H groups in total. The Bertz CT molecular complexity index is 602. The van der Waals surface area contributed by atoms with Gasteiger partial charge in [-0.1, -0.05) is 6.92 Å². The molecule has 0 saturated carbocycles. The molecule has 0 spiro atoms. The van der Waals surface area contributed by atoms with Crippen molar-refractivity contribution in [3.8, 4) is 0 Å². The number of rotatable bonds is 8. The maximum Gasteiger partial charge on any atom is 0.511 e. The third-order valence-corrected chi connectivity index (χ3v) is 5.69. The van der Waals surface area contributed by atoms with Crippen LogP contribution in [0.1, 0.15) is 33.1 Å². The van der Waals surface area contributed by atoms with E-state index in [0.717, 1.165) is 6.42 Å². The number of hydrogen-bond acceptors (Lipinski definition) is 4. The molecule has 1 rings (SSSR count). The van der Waals surface area contributed by atoms with Crippen LogP contribution in [-0.4, -0.2) is 69.4 Å². The highest BCUT2D eigenvalue weighted by atomic mass is 32.2. The van der Waals surface area contributed by atoms with E-state index in [1.165, 1.54) is 0 Å². The van der Waals surface area contributed by atoms with Gasteiger partial charge in [0.25, 0.3) is 0 Å². The van der Waals surface area contributed by atoms with E-state index >= 15 is 0 Å². The number of nitrogens with zero attached hydrogens (tertiary/aromatic N) is 2. The third kappa shape index (κ3) is 7.53. The van der Waals surface area contributed by atoms with Crippen molar-refractivity contribution in [2.45, 2.75) is 38.6 Å². The van der Waals surface area contributed by atoms with E-state index < -0.39 is 15.5 Å². The largest absolute Gasteiger partial charge is 0.511 e. The van der Waals surface area contributed by atoms with Crippen LogP contribution in [0.5, 0.6) is 0 Å². The van der Waals surface area contributed by atoms with Crippen molar-refractivity contribution in [2.75, 3.05) is 39.3 Å². The Labute approximate surface area is 158 Å². The normalized spacial score (nSPS) is 17.6. The molecule has 0 bridgehead atoms. The SMILES string of the molecule is CCCNC(=O)CN=C(NCC)NCC1CCN(S(=O)(=O)C(F)(F)F)CC1. The first kappa shape index (κ1) is 23.5. The Morgan fingerprint density at radius 2 is 1.78 bits per heavy atom. The number of guanidine groups is 1. The lowest BCUT2D eigenvalue weighted by atomic mass is 9.98. The van der Waals surface area contributed by atoms with Crippen molar-refractivity contribution in [3.63, 3.8) is 0 Å². The molecule has 1 heterocycles. The van der Waals surface area contributed by atoms with Crippen LogP contribution in [0.4, 0.5) is 13.2 Å². The molecular formula is C15H28F3N5O3S. The second-order valence-electron chi connectivity index (χ2n) is 6.22. The lowest BCUT2D eigenvalue weighted by Gasteiger charge is -2.31. The molecule has 1 fully saturated rings. The van der Waals surface area contributed by atoms with Crippen LogP contribution < -0.4 is 16.0 Å². The summed E-state index contributed by atoms with van der Waals surface area (Å²) in [5, 5.41) is 8.76. The molecule has 8 nitrogen and oxygen atoms in total. The maximum absolute atomic E-state index is 12.6. The Hall–Kier alpha value is -1.56. The number of carbonyl (C=O) groups excluding carboxylic acids is 1. The summed E-state index contributed by atoms with van der Waals surface area (Å²) in [6.45, 7) is 5.06. The zero-order chi connectivity index (χ0) is 20.5. The van der Waals surface area contributed by atoms with Gasteiger partial charge in [0.2, 0.25) is 5.91 Å². The number of piperidine rings is 1. The minimum Gasteiger partial charge on any atom is -0.357 e. The minimum absolute atomic E-state index is 0.0162. The Balaban J connectivity index is 2.49. The molecule has 12 heteroatoms. The Kier molecular flexibility index (Phi) is 9.30. The zero-order valence-electron chi connectivity index (χ0n) is 15.6. The molecule has 1 saturated heterocycles. The first-order valence-corrected chi connectivity index (χ1v) is 10.4. The number of sulfonamides is 1. The molecule has 0 unspecified atom stereocenters. The van der Waals surface area contributed by atoms with Crippen molar-refractivity contribution in [2.24, 2.45) is 10.9 Å². The van der Waals surface area contributed by atoms with Crippen LogP contribution in [0.2, 0.25) is 0 Å². The highest BCUT2D eigenvalue weighted by molar-refractivity contribution is 7.90. The fourth-order valence-corrected chi connectivity index (χ4v) is 3.54. The number of hydrogen-bond donors (Lipinski definition) is 3. The zero-order valence-corrected chi connectivity index (χ0v) is 16.4. The van der Waals surface area contributed by atoms with Gasteiger partial charge in [0.05, 0.1) is 0 Å². The van der Waals surface area contributed by atoms with Gasteiger partial charge in [0.15, 0.2) is 5.96 Å². The van der Waals surface area contributed by atoms with E-state index in [-0.39, 0.29) is 31.5 Å². The van der Waals surface area contributed by atoms with Gasteiger partial charge in [-0.25, -0.2) is 13.4 Å². The van der Waals surface area contributed by atoms with Crippen molar-refractivity contribution in [3.05, 3.63) is 0 Å². The molecule has 1 aliphatic rings. The van der Waals surface area contributed by atoms with Crippen LogP contribution in [0, 0.1) is 5.92 Å². The van der Waals surface area contributed by atoms with E-state index in [1.807, 2.05) is 13.8 Å². The lowest BCUT2D eigenvalue weighted by Crippen LogP contribution is -2.47. The molecule has 0 radical (unpaired) electrons.